The average molecular weight is 203 g/mol. The van der Waals surface area contributed by atoms with E-state index in [1.54, 1.807) is 0 Å². The summed E-state index contributed by atoms with van der Waals surface area (Å²) in [6.45, 7) is 8.43. The van der Waals surface area contributed by atoms with Crippen molar-refractivity contribution in [3.63, 3.8) is 0 Å². The van der Waals surface area contributed by atoms with Gasteiger partial charge in [-0.15, -0.1) is 0 Å². The highest BCUT2D eigenvalue weighted by Crippen LogP contribution is 1.87. The lowest BCUT2D eigenvalue weighted by Crippen LogP contribution is -2.43. The predicted molar refractivity (Wildman–Crippen MR) is 60.3 cm³/mol. The normalized spacial score (nSPS) is 17.8. The van der Waals surface area contributed by atoms with Crippen LogP contribution in [-0.4, -0.2) is 42.9 Å². The highest BCUT2D eigenvalue weighted by Gasteiger charge is 2.03. The number of nitrogens with two attached hydrogens (primary N) is 1. The van der Waals surface area contributed by atoms with Crippen molar-refractivity contribution in [2.45, 2.75) is 45.4 Å². The molecular formula is C10H25N3O. The van der Waals surface area contributed by atoms with Gasteiger partial charge in [0.25, 0.3) is 0 Å². The number of hydrogen-bond acceptors (Lipinski definition) is 4. The van der Waals surface area contributed by atoms with E-state index >= 15 is 0 Å². The largest absolute Gasteiger partial charge is 0.392 e. The van der Waals surface area contributed by atoms with E-state index < -0.39 is 0 Å². The van der Waals surface area contributed by atoms with Crippen molar-refractivity contribution in [1.82, 2.24) is 10.6 Å². The van der Waals surface area contributed by atoms with E-state index in [1.807, 2.05) is 13.8 Å². The molecule has 0 aromatic carbocycles. The van der Waals surface area contributed by atoms with Crippen LogP contribution in [-0.2, 0) is 0 Å². The van der Waals surface area contributed by atoms with E-state index in [0.29, 0.717) is 12.6 Å². The van der Waals surface area contributed by atoms with Crippen LogP contribution in [0.2, 0.25) is 0 Å². The maximum atomic E-state index is 9.29. The topological polar surface area (TPSA) is 70.3 Å². The molecule has 0 saturated carbocycles. The molecule has 0 bridgehead atoms. The van der Waals surface area contributed by atoms with E-state index in [4.69, 9.17) is 5.73 Å². The fourth-order valence-corrected chi connectivity index (χ4v) is 1.07. The Morgan fingerprint density at radius 3 is 2.36 bits per heavy atom. The van der Waals surface area contributed by atoms with Crippen LogP contribution in [0.5, 0.6) is 0 Å². The molecular weight excluding hydrogens is 178 g/mol. The monoisotopic (exact) mass is 203 g/mol. The second-order valence-corrected chi connectivity index (χ2v) is 4.01. The van der Waals surface area contributed by atoms with Gasteiger partial charge in [0.1, 0.15) is 0 Å². The van der Waals surface area contributed by atoms with Gasteiger partial charge in [-0.2, -0.15) is 0 Å². The molecule has 5 N–H and O–H groups in total. The van der Waals surface area contributed by atoms with Gasteiger partial charge in [0.05, 0.1) is 6.10 Å². The minimum Gasteiger partial charge on any atom is -0.392 e. The van der Waals surface area contributed by atoms with Crippen LogP contribution in [0.4, 0.5) is 0 Å². The van der Waals surface area contributed by atoms with E-state index in [0.717, 1.165) is 19.5 Å². The fraction of sp³-hybridized carbons (Fsp3) is 1.00. The van der Waals surface area contributed by atoms with E-state index in [-0.39, 0.29) is 12.1 Å². The highest BCUT2D eigenvalue weighted by molar-refractivity contribution is 4.68. The number of aliphatic hydroxyl groups is 1. The highest BCUT2D eigenvalue weighted by atomic mass is 16.3. The van der Waals surface area contributed by atoms with Crippen molar-refractivity contribution in [2.24, 2.45) is 5.73 Å². The molecule has 0 radical (unpaired) electrons. The molecule has 3 unspecified atom stereocenters. The Hall–Kier alpha value is -0.160. The number of hydrogen-bond donors (Lipinski definition) is 4. The second-order valence-electron chi connectivity index (χ2n) is 4.01. The third kappa shape index (κ3) is 8.44. The summed E-state index contributed by atoms with van der Waals surface area (Å²) in [6, 6.07) is 0.587. The minimum absolute atomic E-state index is 0.193. The van der Waals surface area contributed by atoms with E-state index in [9.17, 15) is 5.11 Å². The Bertz CT molecular complexity index is 131. The number of aliphatic hydroxyl groups excluding tert-OH is 1. The molecule has 14 heavy (non-hydrogen) atoms. The molecule has 0 amide bonds. The van der Waals surface area contributed by atoms with Gasteiger partial charge in [-0.25, -0.2) is 0 Å². The maximum absolute atomic E-state index is 9.29. The molecule has 0 heterocycles. The number of nitrogens with one attached hydrogen (secondary N) is 2. The lowest BCUT2D eigenvalue weighted by atomic mass is 10.2. The first-order valence-electron chi connectivity index (χ1n) is 5.44. The lowest BCUT2D eigenvalue weighted by Gasteiger charge is -2.17. The van der Waals surface area contributed by atoms with Crippen LogP contribution < -0.4 is 16.4 Å². The molecule has 0 aliphatic carbocycles. The van der Waals surface area contributed by atoms with Gasteiger partial charge in [0.15, 0.2) is 0 Å². The van der Waals surface area contributed by atoms with Gasteiger partial charge < -0.3 is 21.5 Å². The molecule has 0 aromatic heterocycles. The van der Waals surface area contributed by atoms with Gasteiger partial charge in [-0.3, -0.25) is 0 Å². The second kappa shape index (κ2) is 8.17. The Balaban J connectivity index is 3.30. The molecule has 0 aliphatic rings. The van der Waals surface area contributed by atoms with Gasteiger partial charge in [-0.05, 0) is 20.3 Å². The van der Waals surface area contributed by atoms with Crippen molar-refractivity contribution < 1.29 is 5.11 Å². The van der Waals surface area contributed by atoms with Crippen LogP contribution in [0.1, 0.15) is 27.2 Å². The van der Waals surface area contributed by atoms with Crippen LogP contribution >= 0.6 is 0 Å². The van der Waals surface area contributed by atoms with Crippen molar-refractivity contribution >= 4 is 0 Å². The maximum Gasteiger partial charge on any atom is 0.0662 e. The molecule has 3 atom stereocenters. The Kier molecular flexibility index (Phi) is 8.08. The van der Waals surface area contributed by atoms with Crippen molar-refractivity contribution in [3.8, 4) is 0 Å². The Morgan fingerprint density at radius 1 is 1.21 bits per heavy atom. The molecule has 4 heteroatoms. The first-order valence-corrected chi connectivity index (χ1v) is 5.44. The summed E-state index contributed by atoms with van der Waals surface area (Å²) in [5.74, 6) is 0. The average Bonchev–Trinajstić information content (AvgIpc) is 2.14. The summed E-state index contributed by atoms with van der Waals surface area (Å²) in [5.41, 5.74) is 5.62. The molecule has 86 valence electrons. The summed E-state index contributed by atoms with van der Waals surface area (Å²) in [7, 11) is 0. The van der Waals surface area contributed by atoms with E-state index in [1.165, 1.54) is 0 Å². The zero-order chi connectivity index (χ0) is 11.0. The SMILES string of the molecule is CCC(O)CNCC(C)NCC(C)N. The van der Waals surface area contributed by atoms with Gasteiger partial charge >= 0.3 is 0 Å². The lowest BCUT2D eigenvalue weighted by molar-refractivity contribution is 0.166. The summed E-state index contributed by atoms with van der Waals surface area (Å²) >= 11 is 0. The molecule has 0 fully saturated rings. The quantitative estimate of drug-likeness (QED) is 0.436. The Labute approximate surface area is 87.3 Å². The van der Waals surface area contributed by atoms with Crippen molar-refractivity contribution in [3.05, 3.63) is 0 Å². The van der Waals surface area contributed by atoms with Gasteiger partial charge in [0.2, 0.25) is 0 Å². The Morgan fingerprint density at radius 2 is 1.86 bits per heavy atom. The summed E-state index contributed by atoms with van der Waals surface area (Å²) in [6.07, 6.45) is 0.574. The molecule has 4 nitrogen and oxygen atoms in total. The summed E-state index contributed by atoms with van der Waals surface area (Å²) in [4.78, 5) is 0. The summed E-state index contributed by atoms with van der Waals surface area (Å²) < 4.78 is 0. The number of rotatable bonds is 8. The first-order chi connectivity index (χ1) is 6.56. The van der Waals surface area contributed by atoms with Crippen LogP contribution in [0, 0.1) is 0 Å². The summed E-state index contributed by atoms with van der Waals surface area (Å²) in [5, 5.41) is 15.8. The van der Waals surface area contributed by atoms with Gasteiger partial charge in [0, 0.05) is 31.7 Å². The third-order valence-electron chi connectivity index (χ3n) is 2.09. The smallest absolute Gasteiger partial charge is 0.0662 e. The fourth-order valence-electron chi connectivity index (χ4n) is 1.07. The standard InChI is InChI=1S/C10H25N3O/c1-4-10(14)7-12-6-9(3)13-5-8(2)11/h8-10,12-14H,4-7,11H2,1-3H3. The van der Waals surface area contributed by atoms with Crippen LogP contribution in [0.3, 0.4) is 0 Å². The molecule has 0 saturated heterocycles. The predicted octanol–water partition coefficient (Wildman–Crippen LogP) is -0.328. The molecule has 0 spiro atoms. The molecule has 0 rings (SSSR count). The van der Waals surface area contributed by atoms with Gasteiger partial charge in [-0.1, -0.05) is 6.92 Å². The first kappa shape index (κ1) is 13.8. The zero-order valence-corrected chi connectivity index (χ0v) is 9.59. The van der Waals surface area contributed by atoms with Crippen molar-refractivity contribution in [1.29, 1.82) is 0 Å². The minimum atomic E-state index is -0.226. The molecule has 0 aromatic rings. The zero-order valence-electron chi connectivity index (χ0n) is 9.59. The third-order valence-corrected chi connectivity index (χ3v) is 2.09. The molecule has 0 aliphatic heterocycles. The van der Waals surface area contributed by atoms with Crippen molar-refractivity contribution in [2.75, 3.05) is 19.6 Å². The van der Waals surface area contributed by atoms with Crippen LogP contribution in [0.25, 0.3) is 0 Å². The van der Waals surface area contributed by atoms with E-state index in [2.05, 4.69) is 17.6 Å². The van der Waals surface area contributed by atoms with Crippen LogP contribution in [0.15, 0.2) is 0 Å².